The minimum atomic E-state index is -1.47. The Morgan fingerprint density at radius 2 is 1.73 bits per heavy atom. The summed E-state index contributed by atoms with van der Waals surface area (Å²) in [4.78, 5) is 19.0. The molecule has 0 fully saturated rings. The first-order chi connectivity index (χ1) is 15.4. The Morgan fingerprint density at radius 1 is 1.06 bits per heavy atom. The Kier molecular flexibility index (Phi) is 6.96. The Labute approximate surface area is 199 Å². The number of likely N-dealkylation sites (N-methyl/N-ethyl adjacent to an activating group) is 1. The standard InChI is InChI=1S/C24H21Cl2F3N2O2/c1-12-8-13(27)6-7-14(12)15-9-19(25)30-11-17(15)31(4)23(32)24(2,3)16-10-18(33-5)22(29)20(26)21(16)28/h6-11H,1-5H3. The van der Waals surface area contributed by atoms with Gasteiger partial charge >= 0.3 is 0 Å². The number of nitrogens with zero attached hydrogens (tertiary/aromatic N) is 2. The summed E-state index contributed by atoms with van der Waals surface area (Å²) in [5.74, 6) is -3.31. The number of aromatic nitrogens is 1. The zero-order valence-corrected chi connectivity index (χ0v) is 20.1. The van der Waals surface area contributed by atoms with Crippen molar-refractivity contribution >= 4 is 34.8 Å². The second-order valence-electron chi connectivity index (χ2n) is 8.04. The van der Waals surface area contributed by atoms with Crippen LogP contribution in [0.4, 0.5) is 18.9 Å². The number of carbonyl (C=O) groups excluding carboxylic acids is 1. The monoisotopic (exact) mass is 496 g/mol. The van der Waals surface area contributed by atoms with E-state index in [1.807, 2.05) is 0 Å². The molecule has 0 spiro atoms. The molecule has 0 N–H and O–H groups in total. The molecule has 0 radical (unpaired) electrons. The third-order valence-corrected chi connectivity index (χ3v) is 6.07. The summed E-state index contributed by atoms with van der Waals surface area (Å²) in [5, 5.41) is -0.581. The van der Waals surface area contributed by atoms with Crippen molar-refractivity contribution in [2.45, 2.75) is 26.2 Å². The number of amides is 1. The van der Waals surface area contributed by atoms with Gasteiger partial charge in [0.1, 0.15) is 21.8 Å². The molecular formula is C24H21Cl2F3N2O2. The van der Waals surface area contributed by atoms with Crippen molar-refractivity contribution in [3.8, 4) is 16.9 Å². The molecule has 0 atom stereocenters. The van der Waals surface area contributed by atoms with Crippen molar-refractivity contribution in [3.05, 3.63) is 75.3 Å². The second-order valence-corrected chi connectivity index (χ2v) is 8.81. The average molecular weight is 497 g/mol. The highest BCUT2D eigenvalue weighted by Crippen LogP contribution is 2.40. The first kappa shape index (κ1) is 24.9. The predicted molar refractivity (Wildman–Crippen MR) is 124 cm³/mol. The lowest BCUT2D eigenvalue weighted by atomic mass is 9.82. The number of hydrogen-bond donors (Lipinski definition) is 0. The number of ether oxygens (including phenoxy) is 1. The Balaban J connectivity index is 2.13. The summed E-state index contributed by atoms with van der Waals surface area (Å²) < 4.78 is 47.7. The topological polar surface area (TPSA) is 42.4 Å². The van der Waals surface area contributed by atoms with Gasteiger partial charge in [-0.3, -0.25) is 4.79 Å². The van der Waals surface area contributed by atoms with Crippen LogP contribution in [0.15, 0.2) is 36.5 Å². The zero-order valence-electron chi connectivity index (χ0n) is 18.6. The molecule has 0 saturated carbocycles. The molecule has 3 rings (SSSR count). The molecule has 0 saturated heterocycles. The van der Waals surface area contributed by atoms with Crippen LogP contribution < -0.4 is 9.64 Å². The van der Waals surface area contributed by atoms with Gasteiger partial charge in [0.2, 0.25) is 5.91 Å². The van der Waals surface area contributed by atoms with Crippen LogP contribution in [0.3, 0.4) is 0 Å². The van der Waals surface area contributed by atoms with E-state index in [0.717, 1.165) is 6.07 Å². The number of benzene rings is 2. The summed E-state index contributed by atoms with van der Waals surface area (Å²) >= 11 is 11.9. The Hall–Kier alpha value is -2.77. The van der Waals surface area contributed by atoms with Gasteiger partial charge in [0.05, 0.1) is 24.4 Å². The second kappa shape index (κ2) is 9.23. The van der Waals surface area contributed by atoms with Crippen molar-refractivity contribution < 1.29 is 22.7 Å². The quantitative estimate of drug-likeness (QED) is 0.290. The third kappa shape index (κ3) is 4.52. The fraction of sp³-hybridized carbons (Fsp3) is 0.250. The van der Waals surface area contributed by atoms with E-state index in [2.05, 4.69) is 4.98 Å². The lowest BCUT2D eigenvalue weighted by Gasteiger charge is -2.31. The SMILES string of the molecule is COc1cc(C(C)(C)C(=O)N(C)c2cnc(Cl)cc2-c2ccc(F)cc2C)c(F)c(Cl)c1F. The van der Waals surface area contributed by atoms with Crippen molar-refractivity contribution in [3.63, 3.8) is 0 Å². The number of rotatable bonds is 5. The molecule has 1 heterocycles. The van der Waals surface area contributed by atoms with E-state index < -0.39 is 33.8 Å². The summed E-state index contributed by atoms with van der Waals surface area (Å²) in [6, 6.07) is 6.92. The van der Waals surface area contributed by atoms with E-state index >= 15 is 0 Å². The minimum absolute atomic E-state index is 0.135. The summed E-state index contributed by atoms with van der Waals surface area (Å²) in [6.45, 7) is 4.71. The maximum atomic E-state index is 14.9. The lowest BCUT2D eigenvalue weighted by molar-refractivity contribution is -0.122. The molecule has 0 aliphatic carbocycles. The highest BCUT2D eigenvalue weighted by atomic mass is 35.5. The summed E-state index contributed by atoms with van der Waals surface area (Å²) in [7, 11) is 2.71. The normalized spacial score (nSPS) is 11.5. The maximum absolute atomic E-state index is 14.9. The predicted octanol–water partition coefficient (Wildman–Crippen LogP) is 6.73. The molecule has 3 aromatic rings. The van der Waals surface area contributed by atoms with Crippen LogP contribution in [0.2, 0.25) is 10.2 Å². The van der Waals surface area contributed by atoms with E-state index in [1.54, 1.807) is 19.1 Å². The van der Waals surface area contributed by atoms with E-state index in [4.69, 9.17) is 27.9 Å². The molecule has 1 aromatic heterocycles. The largest absolute Gasteiger partial charge is 0.494 e. The van der Waals surface area contributed by atoms with Gasteiger partial charge in [-0.25, -0.2) is 18.2 Å². The van der Waals surface area contributed by atoms with Crippen LogP contribution in [0.5, 0.6) is 5.75 Å². The van der Waals surface area contributed by atoms with Gasteiger partial charge < -0.3 is 9.64 Å². The number of carbonyl (C=O) groups is 1. The van der Waals surface area contributed by atoms with Crippen LogP contribution in [0.1, 0.15) is 25.0 Å². The molecule has 174 valence electrons. The summed E-state index contributed by atoms with van der Waals surface area (Å²) in [5.41, 5.74) is 0.565. The van der Waals surface area contributed by atoms with Crippen LogP contribution in [-0.2, 0) is 10.2 Å². The van der Waals surface area contributed by atoms with E-state index in [9.17, 15) is 18.0 Å². The van der Waals surface area contributed by atoms with Gasteiger partial charge in [-0.15, -0.1) is 0 Å². The van der Waals surface area contributed by atoms with Gasteiger partial charge in [-0.2, -0.15) is 0 Å². The molecule has 0 bridgehead atoms. The number of hydrogen-bond acceptors (Lipinski definition) is 3. The average Bonchev–Trinajstić information content (AvgIpc) is 2.76. The van der Waals surface area contributed by atoms with Gasteiger partial charge in [-0.1, -0.05) is 29.3 Å². The Bertz CT molecular complexity index is 1250. The number of anilines is 1. The van der Waals surface area contributed by atoms with Gasteiger partial charge in [0, 0.05) is 18.2 Å². The van der Waals surface area contributed by atoms with E-state index in [0.29, 0.717) is 22.4 Å². The molecule has 4 nitrogen and oxygen atoms in total. The molecule has 1 amide bonds. The van der Waals surface area contributed by atoms with Crippen molar-refractivity contribution in [1.29, 1.82) is 0 Å². The molecule has 0 aliphatic rings. The summed E-state index contributed by atoms with van der Waals surface area (Å²) in [6.07, 6.45) is 1.41. The highest BCUT2D eigenvalue weighted by molar-refractivity contribution is 6.31. The molecule has 9 heteroatoms. The van der Waals surface area contributed by atoms with Gasteiger partial charge in [-0.05, 0) is 56.2 Å². The van der Waals surface area contributed by atoms with E-state index in [-0.39, 0.29) is 16.5 Å². The van der Waals surface area contributed by atoms with E-state index in [1.165, 1.54) is 51.2 Å². The minimum Gasteiger partial charge on any atom is -0.494 e. The lowest BCUT2D eigenvalue weighted by Crippen LogP contribution is -2.42. The first-order valence-corrected chi connectivity index (χ1v) is 10.6. The number of methoxy groups -OCH3 is 1. The van der Waals surface area contributed by atoms with Crippen LogP contribution >= 0.6 is 23.2 Å². The number of pyridine rings is 1. The first-order valence-electron chi connectivity index (χ1n) is 9.82. The molecule has 33 heavy (non-hydrogen) atoms. The molecule has 2 aromatic carbocycles. The van der Waals surface area contributed by atoms with Crippen LogP contribution in [0.25, 0.3) is 11.1 Å². The molecular weight excluding hydrogens is 476 g/mol. The fourth-order valence-electron chi connectivity index (χ4n) is 3.66. The number of halogens is 5. The van der Waals surface area contributed by atoms with Crippen molar-refractivity contribution in [2.75, 3.05) is 19.1 Å². The zero-order chi connectivity index (χ0) is 24.7. The highest BCUT2D eigenvalue weighted by Gasteiger charge is 2.38. The van der Waals surface area contributed by atoms with Crippen LogP contribution in [0, 0.1) is 24.4 Å². The third-order valence-electron chi connectivity index (χ3n) is 5.54. The smallest absolute Gasteiger partial charge is 0.236 e. The van der Waals surface area contributed by atoms with Crippen LogP contribution in [-0.4, -0.2) is 25.0 Å². The van der Waals surface area contributed by atoms with Gasteiger partial charge in [0.25, 0.3) is 0 Å². The fourth-order valence-corrected chi connectivity index (χ4v) is 4.02. The molecule has 0 aliphatic heterocycles. The maximum Gasteiger partial charge on any atom is 0.236 e. The van der Waals surface area contributed by atoms with Crippen molar-refractivity contribution in [1.82, 2.24) is 4.98 Å². The number of aryl methyl sites for hydroxylation is 1. The Morgan fingerprint density at radius 3 is 2.33 bits per heavy atom. The van der Waals surface area contributed by atoms with Gasteiger partial charge in [0.15, 0.2) is 11.6 Å². The van der Waals surface area contributed by atoms with Crippen molar-refractivity contribution in [2.24, 2.45) is 0 Å². The molecule has 0 unspecified atom stereocenters.